The molecule has 0 atom stereocenters. The van der Waals surface area contributed by atoms with Crippen LogP contribution < -0.4 is 10.2 Å². The number of nitrogens with zero attached hydrogens (tertiary/aromatic N) is 1. The highest BCUT2D eigenvalue weighted by atomic mass is 16.5. The van der Waals surface area contributed by atoms with Crippen LogP contribution in [-0.4, -0.2) is 37.5 Å². The van der Waals surface area contributed by atoms with Crippen LogP contribution in [0.3, 0.4) is 0 Å². The Morgan fingerprint density at radius 2 is 1.73 bits per heavy atom. The van der Waals surface area contributed by atoms with E-state index in [0.29, 0.717) is 30.8 Å². The lowest BCUT2D eigenvalue weighted by atomic mass is 9.49. The lowest BCUT2D eigenvalue weighted by Gasteiger charge is -2.56. The zero-order chi connectivity index (χ0) is 20.7. The van der Waals surface area contributed by atoms with Gasteiger partial charge in [-0.1, -0.05) is 12.1 Å². The summed E-state index contributed by atoms with van der Waals surface area (Å²) in [5.74, 6) is 1.75. The second-order valence-electron chi connectivity index (χ2n) is 9.94. The molecule has 1 N–H and O–H groups in total. The second kappa shape index (κ2) is 7.71. The first-order valence-corrected chi connectivity index (χ1v) is 11.3. The quantitative estimate of drug-likeness (QED) is 0.730. The summed E-state index contributed by atoms with van der Waals surface area (Å²) < 4.78 is 5.31. The van der Waals surface area contributed by atoms with E-state index < -0.39 is 5.97 Å². The highest BCUT2D eigenvalue weighted by Gasteiger charge is 2.50. The summed E-state index contributed by atoms with van der Waals surface area (Å²) in [6.07, 6.45) is 9.12. The molecule has 0 spiro atoms. The fourth-order valence-electron chi connectivity index (χ4n) is 6.84. The van der Waals surface area contributed by atoms with E-state index in [9.17, 15) is 14.4 Å². The van der Waals surface area contributed by atoms with Crippen LogP contribution in [0.4, 0.5) is 5.69 Å². The number of carbonyl (C=O) groups excluding carboxylic acids is 3. The maximum absolute atomic E-state index is 12.6. The Balaban J connectivity index is 1.16. The van der Waals surface area contributed by atoms with Gasteiger partial charge in [0.15, 0.2) is 6.61 Å². The van der Waals surface area contributed by atoms with E-state index in [1.807, 2.05) is 0 Å². The topological polar surface area (TPSA) is 75.7 Å². The third kappa shape index (κ3) is 3.72. The normalized spacial score (nSPS) is 31.8. The van der Waals surface area contributed by atoms with E-state index in [1.165, 1.54) is 38.5 Å². The molecule has 1 heterocycles. The van der Waals surface area contributed by atoms with Gasteiger partial charge in [0, 0.05) is 19.5 Å². The predicted octanol–water partition coefficient (Wildman–Crippen LogP) is 3.30. The van der Waals surface area contributed by atoms with Gasteiger partial charge in [0.1, 0.15) is 0 Å². The standard InChI is InChI=1S/C24H30N2O4/c27-21(25-15-24-11-16-8-17(12-24)10-18(9-16)13-24)14-30-23(29)19-4-1-2-5-20(19)26-7-3-6-22(26)28/h1-2,4-5,16-18H,3,6-15H2,(H,25,27). The van der Waals surface area contributed by atoms with Crippen molar-refractivity contribution in [1.29, 1.82) is 0 Å². The van der Waals surface area contributed by atoms with E-state index in [1.54, 1.807) is 29.2 Å². The van der Waals surface area contributed by atoms with Crippen molar-refractivity contribution in [3.8, 4) is 0 Å². The number of esters is 1. The Hall–Kier alpha value is -2.37. The smallest absolute Gasteiger partial charge is 0.340 e. The predicted molar refractivity (Wildman–Crippen MR) is 112 cm³/mol. The first-order valence-electron chi connectivity index (χ1n) is 11.3. The number of benzene rings is 1. The molecule has 6 rings (SSSR count). The molecule has 5 fully saturated rings. The van der Waals surface area contributed by atoms with Gasteiger partial charge in [0.05, 0.1) is 11.3 Å². The minimum Gasteiger partial charge on any atom is -0.452 e. The first-order chi connectivity index (χ1) is 14.5. The highest BCUT2D eigenvalue weighted by Crippen LogP contribution is 2.59. The van der Waals surface area contributed by atoms with Crippen molar-refractivity contribution in [2.45, 2.75) is 51.4 Å². The van der Waals surface area contributed by atoms with Gasteiger partial charge in [-0.05, 0) is 80.2 Å². The summed E-state index contributed by atoms with van der Waals surface area (Å²) >= 11 is 0. The third-order valence-corrected chi connectivity index (χ3v) is 7.65. The van der Waals surface area contributed by atoms with Crippen molar-refractivity contribution >= 4 is 23.5 Å². The van der Waals surface area contributed by atoms with Gasteiger partial charge in [0.25, 0.3) is 5.91 Å². The van der Waals surface area contributed by atoms with Crippen molar-refractivity contribution in [2.75, 3.05) is 24.6 Å². The lowest BCUT2D eigenvalue weighted by molar-refractivity contribution is -0.126. The van der Waals surface area contributed by atoms with E-state index in [4.69, 9.17) is 4.74 Å². The second-order valence-corrected chi connectivity index (χ2v) is 9.94. The molecule has 6 heteroatoms. The third-order valence-electron chi connectivity index (χ3n) is 7.65. The van der Waals surface area contributed by atoms with Gasteiger partial charge >= 0.3 is 5.97 Å². The van der Waals surface area contributed by atoms with E-state index in [2.05, 4.69) is 5.32 Å². The Labute approximate surface area is 177 Å². The van der Waals surface area contributed by atoms with Crippen molar-refractivity contribution in [1.82, 2.24) is 5.32 Å². The number of amides is 2. The van der Waals surface area contributed by atoms with E-state index >= 15 is 0 Å². The van der Waals surface area contributed by atoms with Crippen LogP contribution in [-0.2, 0) is 14.3 Å². The molecule has 4 bridgehead atoms. The van der Waals surface area contributed by atoms with Crippen molar-refractivity contribution in [3.63, 3.8) is 0 Å². The van der Waals surface area contributed by atoms with Crippen LogP contribution in [0.25, 0.3) is 0 Å². The van der Waals surface area contributed by atoms with Crippen LogP contribution >= 0.6 is 0 Å². The van der Waals surface area contributed by atoms with Crippen molar-refractivity contribution in [3.05, 3.63) is 29.8 Å². The van der Waals surface area contributed by atoms with Gasteiger partial charge < -0.3 is 15.0 Å². The SMILES string of the molecule is O=C(COC(=O)c1ccccc1N1CCCC1=O)NCC12CC3CC(CC(C3)C1)C2. The summed E-state index contributed by atoms with van der Waals surface area (Å²) in [5.41, 5.74) is 1.16. The molecule has 4 saturated carbocycles. The molecule has 1 aromatic rings. The van der Waals surface area contributed by atoms with Gasteiger partial charge in [-0.15, -0.1) is 0 Å². The molecule has 6 nitrogen and oxygen atoms in total. The number of carbonyl (C=O) groups is 3. The fraction of sp³-hybridized carbons (Fsp3) is 0.625. The summed E-state index contributed by atoms with van der Waals surface area (Å²) in [6, 6.07) is 6.95. The minimum atomic E-state index is -0.560. The van der Waals surface area contributed by atoms with Gasteiger partial charge in [-0.25, -0.2) is 4.79 Å². The van der Waals surface area contributed by atoms with Crippen LogP contribution in [0.2, 0.25) is 0 Å². The Morgan fingerprint density at radius 3 is 2.37 bits per heavy atom. The zero-order valence-electron chi connectivity index (χ0n) is 17.4. The number of rotatable bonds is 6. The van der Waals surface area contributed by atoms with Gasteiger partial charge in [-0.2, -0.15) is 0 Å². The van der Waals surface area contributed by atoms with Crippen molar-refractivity contribution < 1.29 is 19.1 Å². The molecule has 1 aliphatic heterocycles. The molecule has 30 heavy (non-hydrogen) atoms. The molecule has 1 aromatic carbocycles. The van der Waals surface area contributed by atoms with E-state index in [-0.39, 0.29) is 23.8 Å². The van der Waals surface area contributed by atoms with Crippen molar-refractivity contribution in [2.24, 2.45) is 23.2 Å². The largest absolute Gasteiger partial charge is 0.452 e. The molecule has 4 aliphatic carbocycles. The number of hydrogen-bond donors (Lipinski definition) is 1. The molecular weight excluding hydrogens is 380 g/mol. The van der Waals surface area contributed by atoms with Gasteiger partial charge in [-0.3, -0.25) is 9.59 Å². The molecule has 0 radical (unpaired) electrons. The molecule has 5 aliphatic rings. The highest BCUT2D eigenvalue weighted by molar-refractivity contribution is 6.03. The van der Waals surface area contributed by atoms with Crippen LogP contribution in [0.1, 0.15) is 61.7 Å². The molecule has 160 valence electrons. The maximum Gasteiger partial charge on any atom is 0.340 e. The number of para-hydroxylation sites is 1. The summed E-state index contributed by atoms with van der Waals surface area (Å²) in [7, 11) is 0. The first kappa shape index (κ1) is 19.6. The average Bonchev–Trinajstić information content (AvgIpc) is 3.15. The molecule has 2 amide bonds. The number of nitrogens with one attached hydrogen (secondary N) is 1. The number of anilines is 1. The minimum absolute atomic E-state index is 0.0172. The molecule has 0 aromatic heterocycles. The number of ether oxygens (including phenoxy) is 1. The molecular formula is C24H30N2O4. The van der Waals surface area contributed by atoms with Gasteiger partial charge in [0.2, 0.25) is 5.91 Å². The zero-order valence-corrected chi connectivity index (χ0v) is 17.4. The Bertz CT molecular complexity index is 829. The molecule has 1 saturated heterocycles. The number of hydrogen-bond acceptors (Lipinski definition) is 4. The summed E-state index contributed by atoms with van der Waals surface area (Å²) in [6.45, 7) is 1.02. The molecule has 0 unspecified atom stereocenters. The average molecular weight is 411 g/mol. The van der Waals surface area contributed by atoms with Crippen LogP contribution in [0.5, 0.6) is 0 Å². The Morgan fingerprint density at radius 1 is 1.07 bits per heavy atom. The summed E-state index contributed by atoms with van der Waals surface area (Å²) in [4.78, 5) is 38.7. The summed E-state index contributed by atoms with van der Waals surface area (Å²) in [5, 5.41) is 3.04. The fourth-order valence-corrected chi connectivity index (χ4v) is 6.84. The lowest BCUT2D eigenvalue weighted by Crippen LogP contribution is -2.51. The van der Waals surface area contributed by atoms with E-state index in [0.717, 1.165) is 24.2 Å². The Kier molecular flexibility index (Phi) is 5.03. The van der Waals surface area contributed by atoms with Crippen LogP contribution in [0.15, 0.2) is 24.3 Å². The van der Waals surface area contributed by atoms with Crippen LogP contribution in [0, 0.1) is 23.2 Å². The monoisotopic (exact) mass is 410 g/mol. The maximum atomic E-state index is 12.6.